The number of pyridine rings is 1. The zero-order chi connectivity index (χ0) is 17.7. The monoisotopic (exact) mass is 357 g/mol. The van der Waals surface area contributed by atoms with Gasteiger partial charge < -0.3 is 10.1 Å². The molecular weight excluding hydrogens is 338 g/mol. The number of anilines is 1. The molecule has 0 aliphatic heterocycles. The van der Waals surface area contributed by atoms with Crippen LogP contribution in [0.1, 0.15) is 19.3 Å². The molecule has 0 atom stereocenters. The van der Waals surface area contributed by atoms with Crippen molar-refractivity contribution in [3.8, 4) is 11.9 Å². The minimum Gasteiger partial charge on any atom is -0.492 e. The third-order valence-corrected chi connectivity index (χ3v) is 3.58. The minimum absolute atomic E-state index is 0.419. The first-order valence-corrected chi connectivity index (χ1v) is 8.41. The summed E-state index contributed by atoms with van der Waals surface area (Å²) in [6.07, 6.45) is 8.02. The van der Waals surface area contributed by atoms with Crippen LogP contribution < -0.4 is 15.4 Å². The second-order valence-corrected chi connectivity index (χ2v) is 5.58. The summed E-state index contributed by atoms with van der Waals surface area (Å²) in [4.78, 5) is 8.37. The molecule has 2 aromatic rings. The Balaban J connectivity index is 1.66. The highest BCUT2D eigenvalue weighted by molar-refractivity contribution is 6.32. The summed E-state index contributed by atoms with van der Waals surface area (Å²) in [5.74, 6) is 1.13. The van der Waals surface area contributed by atoms with E-state index in [9.17, 15) is 0 Å². The van der Waals surface area contributed by atoms with Crippen LogP contribution in [-0.2, 0) is 0 Å². The topological polar surface area (TPSA) is 82.3 Å². The summed E-state index contributed by atoms with van der Waals surface area (Å²) >= 11 is 6.03. The van der Waals surface area contributed by atoms with E-state index in [1.165, 1.54) is 0 Å². The van der Waals surface area contributed by atoms with Crippen molar-refractivity contribution in [1.82, 2.24) is 10.3 Å². The molecule has 2 rings (SSSR count). The summed E-state index contributed by atoms with van der Waals surface area (Å²) in [6.45, 7) is 1.23. The lowest BCUT2D eigenvalue weighted by Gasteiger charge is -2.08. The van der Waals surface area contributed by atoms with Crippen LogP contribution in [-0.4, -0.2) is 24.1 Å². The standard InChI is InChI=1S/C18H20ClN5O/c19-16-8-2-3-9-17(16)25-12-5-1-4-11-22-18(23-14-20)24-15-7-6-10-21-13-15/h2-3,6-10,13H,1,4-5,11-12H2,(H2,22,23,24). The van der Waals surface area contributed by atoms with Gasteiger partial charge in [0.05, 0.1) is 23.5 Å². The number of hydrogen-bond donors (Lipinski definition) is 2. The third-order valence-electron chi connectivity index (χ3n) is 3.27. The second-order valence-electron chi connectivity index (χ2n) is 5.17. The van der Waals surface area contributed by atoms with Gasteiger partial charge in [0, 0.05) is 12.7 Å². The number of aromatic nitrogens is 1. The van der Waals surface area contributed by atoms with Crippen molar-refractivity contribution < 1.29 is 4.74 Å². The molecule has 130 valence electrons. The number of hydrogen-bond acceptors (Lipinski definition) is 4. The number of benzene rings is 1. The average molecular weight is 358 g/mol. The second kappa shape index (κ2) is 10.9. The molecule has 0 unspecified atom stereocenters. The number of nitriles is 1. The molecule has 0 aliphatic carbocycles. The molecule has 0 aliphatic rings. The Bertz CT molecular complexity index is 715. The van der Waals surface area contributed by atoms with Gasteiger partial charge in [0.15, 0.2) is 6.19 Å². The Morgan fingerprint density at radius 1 is 1.20 bits per heavy atom. The van der Waals surface area contributed by atoms with Crippen molar-refractivity contribution in [3.05, 3.63) is 53.8 Å². The molecular formula is C18H20ClN5O. The number of aliphatic imine (C=N–C) groups is 1. The Morgan fingerprint density at radius 3 is 2.84 bits per heavy atom. The highest BCUT2D eigenvalue weighted by Gasteiger charge is 2.00. The number of halogens is 1. The maximum Gasteiger partial charge on any atom is 0.209 e. The zero-order valence-electron chi connectivity index (χ0n) is 13.8. The van der Waals surface area contributed by atoms with Crippen molar-refractivity contribution >= 4 is 23.2 Å². The minimum atomic E-state index is 0.419. The van der Waals surface area contributed by atoms with E-state index in [0.717, 1.165) is 24.9 Å². The molecule has 6 nitrogen and oxygen atoms in total. The van der Waals surface area contributed by atoms with Crippen LogP contribution in [0.3, 0.4) is 0 Å². The highest BCUT2D eigenvalue weighted by Crippen LogP contribution is 2.23. The first-order chi connectivity index (χ1) is 12.3. The molecule has 0 fully saturated rings. The summed E-state index contributed by atoms with van der Waals surface area (Å²) in [5.41, 5.74) is 0.775. The Labute approximate surface area is 152 Å². The van der Waals surface area contributed by atoms with Gasteiger partial charge in [0.1, 0.15) is 5.75 Å². The van der Waals surface area contributed by atoms with Crippen LogP contribution in [0, 0.1) is 11.5 Å². The van der Waals surface area contributed by atoms with Crippen LogP contribution in [0.5, 0.6) is 5.75 Å². The predicted molar refractivity (Wildman–Crippen MR) is 99.7 cm³/mol. The fourth-order valence-corrected chi connectivity index (χ4v) is 2.25. The lowest BCUT2D eigenvalue weighted by molar-refractivity contribution is 0.306. The molecule has 0 amide bonds. The van der Waals surface area contributed by atoms with Gasteiger partial charge in [-0.1, -0.05) is 23.7 Å². The van der Waals surface area contributed by atoms with Gasteiger partial charge in [-0.05, 0) is 43.5 Å². The molecule has 25 heavy (non-hydrogen) atoms. The molecule has 1 heterocycles. The van der Waals surface area contributed by atoms with E-state index in [1.807, 2.05) is 42.6 Å². The van der Waals surface area contributed by atoms with Crippen molar-refractivity contribution in [2.45, 2.75) is 19.3 Å². The van der Waals surface area contributed by atoms with E-state index >= 15 is 0 Å². The third kappa shape index (κ3) is 7.10. The molecule has 0 saturated heterocycles. The van der Waals surface area contributed by atoms with Crippen molar-refractivity contribution in [2.75, 3.05) is 18.5 Å². The number of unbranched alkanes of at least 4 members (excludes halogenated alkanes) is 2. The summed E-state index contributed by atoms with van der Waals surface area (Å²) < 4.78 is 5.64. The van der Waals surface area contributed by atoms with Gasteiger partial charge >= 0.3 is 0 Å². The lowest BCUT2D eigenvalue weighted by atomic mass is 10.2. The molecule has 0 saturated carbocycles. The molecule has 7 heteroatoms. The largest absolute Gasteiger partial charge is 0.492 e. The maximum absolute atomic E-state index is 8.79. The van der Waals surface area contributed by atoms with Gasteiger partial charge in [-0.15, -0.1) is 0 Å². The summed E-state index contributed by atoms with van der Waals surface area (Å²) in [7, 11) is 0. The van der Waals surface area contributed by atoms with Gasteiger partial charge in [0.25, 0.3) is 0 Å². The number of guanidine groups is 1. The SMILES string of the molecule is N#CNC(=NCCCCCOc1ccccc1Cl)Nc1cccnc1. The fraction of sp³-hybridized carbons (Fsp3) is 0.278. The Morgan fingerprint density at radius 2 is 2.08 bits per heavy atom. The first kappa shape index (κ1) is 18.6. The molecule has 1 aromatic heterocycles. The number of nitrogens with zero attached hydrogens (tertiary/aromatic N) is 3. The number of ether oxygens (including phenoxy) is 1. The summed E-state index contributed by atoms with van der Waals surface area (Å²) in [5, 5.41) is 15.0. The zero-order valence-corrected chi connectivity index (χ0v) is 14.5. The van der Waals surface area contributed by atoms with Crippen LogP contribution in [0.15, 0.2) is 53.8 Å². The van der Waals surface area contributed by atoms with E-state index in [0.29, 0.717) is 29.9 Å². The molecule has 2 N–H and O–H groups in total. The first-order valence-electron chi connectivity index (χ1n) is 8.03. The fourth-order valence-electron chi connectivity index (χ4n) is 2.06. The van der Waals surface area contributed by atoms with E-state index in [1.54, 1.807) is 12.4 Å². The maximum atomic E-state index is 8.79. The predicted octanol–water partition coefficient (Wildman–Crippen LogP) is 3.82. The molecule has 1 aromatic carbocycles. The molecule has 0 radical (unpaired) electrons. The van der Waals surface area contributed by atoms with Crippen molar-refractivity contribution in [1.29, 1.82) is 5.26 Å². The van der Waals surface area contributed by atoms with E-state index in [4.69, 9.17) is 21.6 Å². The number of rotatable bonds is 8. The van der Waals surface area contributed by atoms with Crippen LogP contribution in [0.25, 0.3) is 0 Å². The summed E-state index contributed by atoms with van der Waals surface area (Å²) in [6, 6.07) is 11.1. The number of nitrogens with one attached hydrogen (secondary N) is 2. The average Bonchev–Trinajstić information content (AvgIpc) is 2.63. The molecule has 0 bridgehead atoms. The van der Waals surface area contributed by atoms with Gasteiger partial charge in [-0.2, -0.15) is 5.26 Å². The van der Waals surface area contributed by atoms with Crippen LogP contribution >= 0.6 is 11.6 Å². The van der Waals surface area contributed by atoms with E-state index in [2.05, 4.69) is 20.6 Å². The van der Waals surface area contributed by atoms with E-state index < -0.39 is 0 Å². The van der Waals surface area contributed by atoms with Gasteiger partial charge in [-0.3, -0.25) is 15.3 Å². The smallest absolute Gasteiger partial charge is 0.209 e. The van der Waals surface area contributed by atoms with Crippen LogP contribution in [0.4, 0.5) is 5.69 Å². The lowest BCUT2D eigenvalue weighted by Crippen LogP contribution is -2.27. The van der Waals surface area contributed by atoms with Crippen molar-refractivity contribution in [2.24, 2.45) is 4.99 Å². The van der Waals surface area contributed by atoms with E-state index in [-0.39, 0.29) is 0 Å². The van der Waals surface area contributed by atoms with Gasteiger partial charge in [0.2, 0.25) is 5.96 Å². The van der Waals surface area contributed by atoms with Crippen molar-refractivity contribution in [3.63, 3.8) is 0 Å². The highest BCUT2D eigenvalue weighted by atomic mass is 35.5. The Hall–Kier alpha value is -2.78. The van der Waals surface area contributed by atoms with Gasteiger partial charge in [-0.25, -0.2) is 0 Å². The number of para-hydroxylation sites is 1. The quantitative estimate of drug-likeness (QED) is 0.247. The molecule has 0 spiro atoms. The normalized spacial score (nSPS) is 10.8. The Kier molecular flexibility index (Phi) is 8.09. The van der Waals surface area contributed by atoms with Crippen LogP contribution in [0.2, 0.25) is 5.02 Å².